The van der Waals surface area contributed by atoms with Crippen molar-refractivity contribution in [2.45, 2.75) is 6.92 Å². The van der Waals surface area contributed by atoms with Gasteiger partial charge in [0.05, 0.1) is 17.1 Å². The van der Waals surface area contributed by atoms with E-state index in [9.17, 15) is 4.39 Å². The number of hydrogen-bond acceptors (Lipinski definition) is 2. The lowest BCUT2D eigenvalue weighted by Gasteiger charge is -2.03. The summed E-state index contributed by atoms with van der Waals surface area (Å²) in [6.07, 6.45) is 1.59. The third-order valence-corrected chi connectivity index (χ3v) is 2.20. The quantitative estimate of drug-likeness (QED) is 0.634. The maximum atomic E-state index is 13.3. The first kappa shape index (κ1) is 8.64. The van der Waals surface area contributed by atoms with Crippen molar-refractivity contribution in [3.63, 3.8) is 0 Å². The van der Waals surface area contributed by atoms with Crippen molar-refractivity contribution in [2.75, 3.05) is 0 Å². The van der Waals surface area contributed by atoms with Gasteiger partial charge in [-0.3, -0.25) is 4.98 Å². The van der Waals surface area contributed by atoms with Crippen LogP contribution in [0.15, 0.2) is 24.4 Å². The Morgan fingerprint density at radius 3 is 3.00 bits per heavy atom. The summed E-state index contributed by atoms with van der Waals surface area (Å²) in [6, 6.07) is 6.72. The number of fused-ring (bicyclic) bond motifs is 1. The average Bonchev–Trinajstić information content (AvgIpc) is 2.23. The number of halogens is 1. The van der Waals surface area contributed by atoms with E-state index in [0.29, 0.717) is 22.0 Å². The van der Waals surface area contributed by atoms with Crippen LogP contribution < -0.4 is 0 Å². The Kier molecular flexibility index (Phi) is 1.90. The highest BCUT2D eigenvalue weighted by Gasteiger charge is 2.08. The zero-order valence-electron chi connectivity index (χ0n) is 7.58. The Labute approximate surface area is 80.6 Å². The van der Waals surface area contributed by atoms with Gasteiger partial charge in [0.15, 0.2) is 0 Å². The van der Waals surface area contributed by atoms with Crippen molar-refractivity contribution in [3.05, 3.63) is 41.3 Å². The number of rotatable bonds is 0. The largest absolute Gasteiger partial charge is 0.256 e. The summed E-state index contributed by atoms with van der Waals surface area (Å²) < 4.78 is 13.3. The van der Waals surface area contributed by atoms with Crippen molar-refractivity contribution >= 4 is 10.9 Å². The number of aryl methyl sites for hydroxylation is 1. The molecule has 0 atom stereocenters. The number of benzene rings is 1. The van der Waals surface area contributed by atoms with Crippen molar-refractivity contribution in [3.8, 4) is 6.07 Å². The lowest BCUT2D eigenvalue weighted by molar-refractivity contribution is 0.620. The van der Waals surface area contributed by atoms with E-state index in [-0.39, 0.29) is 5.82 Å². The van der Waals surface area contributed by atoms with Crippen LogP contribution in [0.1, 0.15) is 11.1 Å². The van der Waals surface area contributed by atoms with Gasteiger partial charge in [0.2, 0.25) is 0 Å². The smallest absolute Gasteiger partial charge is 0.129 e. The van der Waals surface area contributed by atoms with Gasteiger partial charge in [0, 0.05) is 17.1 Å². The van der Waals surface area contributed by atoms with Gasteiger partial charge in [-0.25, -0.2) is 4.39 Å². The Morgan fingerprint density at radius 1 is 1.50 bits per heavy atom. The maximum absolute atomic E-state index is 13.3. The summed E-state index contributed by atoms with van der Waals surface area (Å²) in [5, 5.41) is 9.51. The molecule has 0 N–H and O–H groups in total. The summed E-state index contributed by atoms with van der Waals surface area (Å²) in [7, 11) is 0. The summed E-state index contributed by atoms with van der Waals surface area (Å²) in [4.78, 5) is 4.06. The molecule has 1 aromatic heterocycles. The molecule has 0 radical (unpaired) electrons. The van der Waals surface area contributed by atoms with Gasteiger partial charge in [-0.2, -0.15) is 5.26 Å². The van der Waals surface area contributed by atoms with E-state index in [1.54, 1.807) is 25.3 Å². The minimum atomic E-state index is -0.382. The third kappa shape index (κ3) is 1.12. The molecule has 1 heterocycles. The van der Waals surface area contributed by atoms with E-state index >= 15 is 0 Å². The number of aromatic nitrogens is 1. The molecule has 0 aliphatic heterocycles. The van der Waals surface area contributed by atoms with Gasteiger partial charge in [-0.05, 0) is 25.1 Å². The van der Waals surface area contributed by atoms with E-state index in [0.717, 1.165) is 0 Å². The molecule has 0 amide bonds. The predicted octanol–water partition coefficient (Wildman–Crippen LogP) is 2.55. The molecule has 68 valence electrons. The summed E-state index contributed by atoms with van der Waals surface area (Å²) in [5.41, 5.74) is 1.37. The highest BCUT2D eigenvalue weighted by Crippen LogP contribution is 2.22. The molecule has 14 heavy (non-hydrogen) atoms. The van der Waals surface area contributed by atoms with Crippen molar-refractivity contribution in [1.82, 2.24) is 4.98 Å². The fourth-order valence-electron chi connectivity index (χ4n) is 1.44. The number of nitrogens with zero attached hydrogens (tertiary/aromatic N) is 2. The molecular formula is C11H7FN2. The van der Waals surface area contributed by atoms with E-state index in [2.05, 4.69) is 4.98 Å². The second kappa shape index (κ2) is 3.08. The van der Waals surface area contributed by atoms with Crippen LogP contribution in [-0.4, -0.2) is 4.98 Å². The molecule has 2 aromatic rings. The highest BCUT2D eigenvalue weighted by atomic mass is 19.1. The third-order valence-electron chi connectivity index (χ3n) is 2.20. The van der Waals surface area contributed by atoms with E-state index in [1.807, 2.05) is 6.07 Å². The molecule has 0 unspecified atom stereocenters. The Balaban J connectivity index is 2.99. The molecule has 0 saturated carbocycles. The van der Waals surface area contributed by atoms with Gasteiger partial charge >= 0.3 is 0 Å². The molecule has 0 fully saturated rings. The van der Waals surface area contributed by atoms with Crippen LogP contribution in [0, 0.1) is 24.1 Å². The highest BCUT2D eigenvalue weighted by molar-refractivity contribution is 5.87. The van der Waals surface area contributed by atoms with Gasteiger partial charge in [0.1, 0.15) is 5.82 Å². The zero-order chi connectivity index (χ0) is 10.1. The van der Waals surface area contributed by atoms with Crippen LogP contribution in [0.3, 0.4) is 0 Å². The fraction of sp³-hybridized carbons (Fsp3) is 0.0909. The first-order chi connectivity index (χ1) is 6.74. The summed E-state index contributed by atoms with van der Waals surface area (Å²) in [6.45, 7) is 1.66. The minimum Gasteiger partial charge on any atom is -0.256 e. The first-order valence-corrected chi connectivity index (χ1v) is 4.18. The Bertz CT molecular complexity index is 541. The van der Waals surface area contributed by atoms with E-state index in [1.165, 1.54) is 6.07 Å². The van der Waals surface area contributed by atoms with Crippen LogP contribution in [-0.2, 0) is 0 Å². The van der Waals surface area contributed by atoms with Crippen LogP contribution in [0.5, 0.6) is 0 Å². The van der Waals surface area contributed by atoms with Gasteiger partial charge in [-0.1, -0.05) is 0 Å². The lowest BCUT2D eigenvalue weighted by atomic mass is 10.1. The topological polar surface area (TPSA) is 36.7 Å². The molecule has 2 rings (SSSR count). The number of nitriles is 1. The summed E-state index contributed by atoms with van der Waals surface area (Å²) in [5.74, 6) is -0.382. The van der Waals surface area contributed by atoms with E-state index < -0.39 is 0 Å². The van der Waals surface area contributed by atoms with Crippen molar-refractivity contribution in [1.29, 1.82) is 5.26 Å². The van der Waals surface area contributed by atoms with Gasteiger partial charge < -0.3 is 0 Å². The molecule has 3 heteroatoms. The molecule has 0 aliphatic rings. The van der Waals surface area contributed by atoms with Crippen molar-refractivity contribution < 1.29 is 4.39 Å². The van der Waals surface area contributed by atoms with Gasteiger partial charge in [-0.15, -0.1) is 0 Å². The molecule has 2 nitrogen and oxygen atoms in total. The van der Waals surface area contributed by atoms with Crippen molar-refractivity contribution in [2.24, 2.45) is 0 Å². The van der Waals surface area contributed by atoms with Crippen LogP contribution in [0.25, 0.3) is 10.9 Å². The van der Waals surface area contributed by atoms with Gasteiger partial charge in [0.25, 0.3) is 0 Å². The van der Waals surface area contributed by atoms with Crippen LogP contribution in [0.2, 0.25) is 0 Å². The minimum absolute atomic E-state index is 0.330. The monoisotopic (exact) mass is 186 g/mol. The Morgan fingerprint density at radius 2 is 2.29 bits per heavy atom. The normalized spacial score (nSPS) is 10.1. The second-order valence-corrected chi connectivity index (χ2v) is 3.04. The standard InChI is InChI=1S/C11H7FN2/c1-7-10(12)5-8(6-13)9-3-2-4-14-11(7)9/h2-5H,1H3. The molecule has 0 saturated heterocycles. The van der Waals surface area contributed by atoms with Crippen LogP contribution in [0.4, 0.5) is 4.39 Å². The zero-order valence-corrected chi connectivity index (χ0v) is 7.58. The molecular weight excluding hydrogens is 179 g/mol. The molecule has 0 bridgehead atoms. The first-order valence-electron chi connectivity index (χ1n) is 4.18. The molecule has 0 spiro atoms. The SMILES string of the molecule is Cc1c(F)cc(C#N)c2cccnc12. The predicted molar refractivity (Wildman–Crippen MR) is 51.2 cm³/mol. The average molecular weight is 186 g/mol. The molecule has 1 aromatic carbocycles. The van der Waals surface area contributed by atoms with Crippen LogP contribution >= 0.6 is 0 Å². The fourth-order valence-corrected chi connectivity index (χ4v) is 1.44. The Hall–Kier alpha value is -1.95. The number of pyridine rings is 1. The summed E-state index contributed by atoms with van der Waals surface area (Å²) >= 11 is 0. The second-order valence-electron chi connectivity index (χ2n) is 3.04. The number of hydrogen-bond donors (Lipinski definition) is 0. The van der Waals surface area contributed by atoms with E-state index in [4.69, 9.17) is 5.26 Å². The molecule has 0 aliphatic carbocycles. The maximum Gasteiger partial charge on any atom is 0.129 e. The lowest BCUT2D eigenvalue weighted by Crippen LogP contribution is -1.91.